The number of ketones is 1. The molecule has 5 N–H and O–H groups in total. The van der Waals surface area contributed by atoms with Crippen molar-refractivity contribution in [2.75, 3.05) is 10.5 Å². The minimum absolute atomic E-state index is 0.0446. The highest BCUT2D eigenvalue weighted by atomic mass is 32.2. The lowest BCUT2D eigenvalue weighted by Crippen LogP contribution is -2.17. The number of aromatic hydroxyl groups is 1. The summed E-state index contributed by atoms with van der Waals surface area (Å²) in [6.07, 6.45) is 3.87. The Morgan fingerprint density at radius 3 is 2.70 bits per heavy atom. The van der Waals surface area contributed by atoms with Crippen LogP contribution in [0.25, 0.3) is 11.0 Å². The highest BCUT2D eigenvalue weighted by Gasteiger charge is 2.24. The molecule has 4 rings (SSSR count). The molecule has 0 bridgehead atoms. The maximum absolute atomic E-state index is 13.1. The second kappa shape index (κ2) is 7.12. The van der Waals surface area contributed by atoms with Gasteiger partial charge in [0, 0.05) is 23.3 Å². The van der Waals surface area contributed by atoms with Gasteiger partial charge >= 0.3 is 0 Å². The third kappa shape index (κ3) is 3.42. The average Bonchev–Trinajstić information content (AvgIpc) is 3.18. The molecule has 1 aromatic carbocycles. The topological polar surface area (TPSA) is 164 Å². The molecule has 3 heterocycles. The van der Waals surface area contributed by atoms with E-state index in [0.29, 0.717) is 22.3 Å². The zero-order chi connectivity index (χ0) is 21.5. The van der Waals surface area contributed by atoms with Crippen LogP contribution in [0.15, 0.2) is 53.9 Å². The van der Waals surface area contributed by atoms with Gasteiger partial charge in [-0.1, -0.05) is 0 Å². The van der Waals surface area contributed by atoms with Crippen LogP contribution in [-0.4, -0.2) is 39.2 Å². The number of H-pyrrole nitrogens is 1. The predicted octanol–water partition coefficient (Wildman–Crippen LogP) is 1.98. The van der Waals surface area contributed by atoms with Crippen LogP contribution in [0, 0.1) is 6.92 Å². The first-order chi connectivity index (χ1) is 14.3. The molecule has 10 nitrogen and oxygen atoms in total. The van der Waals surface area contributed by atoms with Gasteiger partial charge in [-0.25, -0.2) is 23.4 Å². The highest BCUT2D eigenvalue weighted by Crippen LogP contribution is 2.27. The Morgan fingerprint density at radius 2 is 1.93 bits per heavy atom. The van der Waals surface area contributed by atoms with Gasteiger partial charge in [0.15, 0.2) is 0 Å². The molecule has 0 fully saturated rings. The first-order valence-electron chi connectivity index (χ1n) is 8.67. The van der Waals surface area contributed by atoms with E-state index in [-0.39, 0.29) is 27.7 Å². The second-order valence-electron chi connectivity index (χ2n) is 6.50. The van der Waals surface area contributed by atoms with E-state index in [2.05, 4.69) is 24.7 Å². The van der Waals surface area contributed by atoms with Crippen LogP contribution in [0.1, 0.15) is 21.7 Å². The van der Waals surface area contributed by atoms with E-state index >= 15 is 0 Å². The number of anilines is 2. The number of nitrogens with zero attached hydrogens (tertiary/aromatic N) is 3. The van der Waals surface area contributed by atoms with E-state index in [1.165, 1.54) is 24.5 Å². The summed E-state index contributed by atoms with van der Waals surface area (Å²) in [7, 11) is -4.09. The monoisotopic (exact) mass is 424 g/mol. The summed E-state index contributed by atoms with van der Waals surface area (Å²) in [5.74, 6) is -0.944. The number of fused-ring (bicyclic) bond motifs is 1. The normalized spacial score (nSPS) is 11.5. The predicted molar refractivity (Wildman–Crippen MR) is 110 cm³/mol. The highest BCUT2D eigenvalue weighted by molar-refractivity contribution is 7.92. The SMILES string of the molecule is Cc1cc(S(=O)(=O)Nc2cc(O)cnc2C(=O)c2ncnc3[nH]ccc23)ccc1N. The molecule has 30 heavy (non-hydrogen) atoms. The molecule has 0 saturated heterocycles. The molecule has 0 aliphatic rings. The fourth-order valence-corrected chi connectivity index (χ4v) is 4.04. The number of carbonyl (C=O) groups is 1. The maximum Gasteiger partial charge on any atom is 0.261 e. The number of rotatable bonds is 5. The van der Waals surface area contributed by atoms with Gasteiger partial charge in [-0.15, -0.1) is 0 Å². The number of aromatic nitrogens is 4. The Balaban J connectivity index is 1.78. The largest absolute Gasteiger partial charge is 0.506 e. The van der Waals surface area contributed by atoms with Crippen molar-refractivity contribution < 1.29 is 18.3 Å². The number of nitrogen functional groups attached to an aromatic ring is 1. The van der Waals surface area contributed by atoms with Crippen LogP contribution >= 0.6 is 0 Å². The van der Waals surface area contributed by atoms with E-state index in [1.54, 1.807) is 19.2 Å². The first kappa shape index (κ1) is 19.3. The standard InChI is InChI=1S/C19H16N6O4S/c1-10-6-12(2-3-14(10)20)30(28,29)25-15-7-11(26)8-22-17(15)18(27)16-13-4-5-21-19(13)24-9-23-16/h2-9,25-26H,20H2,1H3,(H,21,23,24). The number of hydrogen-bond donors (Lipinski definition) is 4. The Labute approximate surface area is 170 Å². The van der Waals surface area contributed by atoms with Gasteiger partial charge in [-0.2, -0.15) is 0 Å². The number of sulfonamides is 1. The molecule has 0 radical (unpaired) electrons. The number of hydrogen-bond acceptors (Lipinski definition) is 8. The van der Waals surface area contributed by atoms with Crippen molar-refractivity contribution in [3.05, 3.63) is 66.0 Å². The van der Waals surface area contributed by atoms with Gasteiger partial charge in [0.1, 0.15) is 29.1 Å². The summed E-state index contributed by atoms with van der Waals surface area (Å²) in [4.78, 5) is 27.9. The maximum atomic E-state index is 13.1. The molecule has 11 heteroatoms. The van der Waals surface area contributed by atoms with Crippen LogP contribution in [0.2, 0.25) is 0 Å². The molecule has 3 aromatic heterocycles. The lowest BCUT2D eigenvalue weighted by Gasteiger charge is -2.13. The van der Waals surface area contributed by atoms with Gasteiger partial charge in [-0.05, 0) is 36.8 Å². The molecule has 4 aromatic rings. The van der Waals surface area contributed by atoms with E-state index in [1.807, 2.05) is 0 Å². The fraction of sp³-hybridized carbons (Fsp3) is 0.0526. The average molecular weight is 424 g/mol. The van der Waals surface area contributed by atoms with Crippen LogP contribution in [0.4, 0.5) is 11.4 Å². The quantitative estimate of drug-likeness (QED) is 0.279. The Kier molecular flexibility index (Phi) is 4.59. The van der Waals surface area contributed by atoms with Crippen LogP contribution in [0.5, 0.6) is 5.75 Å². The molecule has 0 saturated carbocycles. The molecule has 0 amide bonds. The number of benzene rings is 1. The summed E-state index contributed by atoms with van der Waals surface area (Å²) in [6.45, 7) is 1.68. The number of nitrogens with one attached hydrogen (secondary N) is 2. The van der Waals surface area contributed by atoms with Crippen molar-refractivity contribution in [2.45, 2.75) is 11.8 Å². The van der Waals surface area contributed by atoms with Crippen LogP contribution < -0.4 is 10.5 Å². The Morgan fingerprint density at radius 1 is 1.13 bits per heavy atom. The minimum atomic E-state index is -4.09. The van der Waals surface area contributed by atoms with Crippen molar-refractivity contribution >= 4 is 38.2 Å². The molecule has 0 spiro atoms. The van der Waals surface area contributed by atoms with Gasteiger partial charge in [-0.3, -0.25) is 9.52 Å². The van der Waals surface area contributed by atoms with Crippen molar-refractivity contribution in [1.82, 2.24) is 19.9 Å². The van der Waals surface area contributed by atoms with Gasteiger partial charge in [0.2, 0.25) is 5.78 Å². The molecule has 0 unspecified atom stereocenters. The third-order valence-corrected chi connectivity index (χ3v) is 5.82. The van der Waals surface area contributed by atoms with Gasteiger partial charge in [0.05, 0.1) is 16.8 Å². The van der Waals surface area contributed by atoms with Crippen molar-refractivity contribution in [1.29, 1.82) is 0 Å². The molecule has 0 aliphatic heterocycles. The van der Waals surface area contributed by atoms with Crippen LogP contribution in [-0.2, 0) is 10.0 Å². The molecule has 0 atom stereocenters. The van der Waals surface area contributed by atoms with E-state index in [9.17, 15) is 18.3 Å². The molecular weight excluding hydrogens is 408 g/mol. The summed E-state index contributed by atoms with van der Waals surface area (Å²) in [5.41, 5.74) is 6.88. The Bertz CT molecular complexity index is 1400. The summed E-state index contributed by atoms with van der Waals surface area (Å²) < 4.78 is 28.0. The minimum Gasteiger partial charge on any atom is -0.506 e. The number of aryl methyl sites for hydroxylation is 1. The molecule has 152 valence electrons. The fourth-order valence-electron chi connectivity index (χ4n) is 2.90. The summed E-state index contributed by atoms with van der Waals surface area (Å²) in [6, 6.07) is 6.96. The lowest BCUT2D eigenvalue weighted by molar-refractivity contribution is 0.103. The van der Waals surface area contributed by atoms with Gasteiger partial charge in [0.25, 0.3) is 10.0 Å². The summed E-state index contributed by atoms with van der Waals surface area (Å²) in [5, 5.41) is 10.3. The third-order valence-electron chi connectivity index (χ3n) is 4.45. The lowest BCUT2D eigenvalue weighted by atomic mass is 10.1. The zero-order valence-corrected chi connectivity index (χ0v) is 16.4. The van der Waals surface area contributed by atoms with Crippen molar-refractivity contribution in [3.8, 4) is 5.75 Å². The van der Waals surface area contributed by atoms with E-state index < -0.39 is 15.8 Å². The molecule has 0 aliphatic carbocycles. The van der Waals surface area contributed by atoms with Crippen molar-refractivity contribution in [2.24, 2.45) is 0 Å². The number of aromatic amines is 1. The number of carbonyl (C=O) groups excluding carboxylic acids is 1. The smallest absolute Gasteiger partial charge is 0.261 e. The number of pyridine rings is 1. The number of nitrogens with two attached hydrogens (primary N) is 1. The summed E-state index contributed by atoms with van der Waals surface area (Å²) >= 11 is 0. The molecular formula is C19H16N6O4S. The zero-order valence-electron chi connectivity index (χ0n) is 15.6. The Hall–Kier alpha value is -3.99. The second-order valence-corrected chi connectivity index (χ2v) is 8.19. The van der Waals surface area contributed by atoms with E-state index in [0.717, 1.165) is 12.3 Å². The van der Waals surface area contributed by atoms with Crippen LogP contribution in [0.3, 0.4) is 0 Å². The van der Waals surface area contributed by atoms with Crippen molar-refractivity contribution in [3.63, 3.8) is 0 Å². The van der Waals surface area contributed by atoms with Gasteiger partial charge < -0.3 is 15.8 Å². The first-order valence-corrected chi connectivity index (χ1v) is 10.2. The van der Waals surface area contributed by atoms with E-state index in [4.69, 9.17) is 5.73 Å².